The van der Waals surface area contributed by atoms with Crippen molar-refractivity contribution in [2.75, 3.05) is 19.9 Å². The average Bonchev–Trinajstić information content (AvgIpc) is 3.37. The molecule has 0 radical (unpaired) electrons. The third-order valence-electron chi connectivity index (χ3n) is 6.08. The van der Waals surface area contributed by atoms with E-state index < -0.39 is 0 Å². The first-order chi connectivity index (χ1) is 17.5. The van der Waals surface area contributed by atoms with Gasteiger partial charge in [-0.25, -0.2) is 0 Å². The Balaban J connectivity index is 1.18. The first kappa shape index (κ1) is 22.2. The van der Waals surface area contributed by atoms with Gasteiger partial charge < -0.3 is 29.2 Å². The molecule has 0 aliphatic carbocycles. The molecule has 9 nitrogen and oxygen atoms in total. The highest BCUT2D eigenvalue weighted by atomic mass is 32.1. The van der Waals surface area contributed by atoms with Crippen molar-refractivity contribution in [1.82, 2.24) is 14.9 Å². The number of nitrogens with one attached hydrogen (secondary N) is 2. The maximum Gasteiger partial charge on any atom is 0.262 e. The van der Waals surface area contributed by atoms with Crippen molar-refractivity contribution < 1.29 is 23.7 Å². The van der Waals surface area contributed by atoms with Crippen LogP contribution in [0.4, 0.5) is 0 Å². The van der Waals surface area contributed by atoms with E-state index in [1.54, 1.807) is 18.2 Å². The molecule has 10 heteroatoms. The smallest absolute Gasteiger partial charge is 0.262 e. The summed E-state index contributed by atoms with van der Waals surface area (Å²) in [6.45, 7) is 1.07. The normalized spacial score (nSPS) is 15.6. The number of amides is 1. The molecule has 2 aliphatic rings. The van der Waals surface area contributed by atoms with Crippen LogP contribution in [0.5, 0.6) is 23.0 Å². The summed E-state index contributed by atoms with van der Waals surface area (Å²) >= 11 is 5.46. The number of rotatable bonds is 5. The van der Waals surface area contributed by atoms with Crippen molar-refractivity contribution in [2.45, 2.75) is 12.6 Å². The minimum absolute atomic E-state index is 0.181. The number of nitrogens with zero attached hydrogens (tertiary/aromatic N) is 1. The third kappa shape index (κ3) is 4.16. The quantitative estimate of drug-likeness (QED) is 0.402. The van der Waals surface area contributed by atoms with E-state index in [1.807, 2.05) is 42.5 Å². The van der Waals surface area contributed by atoms with Crippen LogP contribution in [0.25, 0.3) is 10.9 Å². The summed E-state index contributed by atoms with van der Waals surface area (Å²) < 4.78 is 24.1. The number of hydrogen-bond donors (Lipinski definition) is 2. The van der Waals surface area contributed by atoms with Crippen molar-refractivity contribution in [3.63, 3.8) is 0 Å². The Morgan fingerprint density at radius 2 is 1.81 bits per heavy atom. The van der Waals surface area contributed by atoms with Crippen molar-refractivity contribution in [2.24, 2.45) is 0 Å². The van der Waals surface area contributed by atoms with Crippen LogP contribution in [0.15, 0.2) is 65.5 Å². The minimum atomic E-state index is -0.307. The molecule has 1 atom stereocenters. The molecule has 1 unspecified atom stereocenters. The van der Waals surface area contributed by atoms with E-state index in [1.165, 1.54) is 4.57 Å². The summed E-state index contributed by atoms with van der Waals surface area (Å²) in [5.74, 6) is 2.37. The summed E-state index contributed by atoms with van der Waals surface area (Å²) in [6.07, 6.45) is -0.307. The highest BCUT2D eigenvalue weighted by molar-refractivity contribution is 7.71. The fourth-order valence-corrected chi connectivity index (χ4v) is 4.49. The van der Waals surface area contributed by atoms with Gasteiger partial charge in [0.25, 0.3) is 11.5 Å². The van der Waals surface area contributed by atoms with Gasteiger partial charge in [-0.3, -0.25) is 14.2 Å². The maximum absolute atomic E-state index is 13.2. The van der Waals surface area contributed by atoms with Crippen molar-refractivity contribution in [3.8, 4) is 23.0 Å². The number of para-hydroxylation sites is 2. The Bertz CT molecular complexity index is 1610. The third-order valence-corrected chi connectivity index (χ3v) is 6.40. The van der Waals surface area contributed by atoms with Gasteiger partial charge in [-0.15, -0.1) is 0 Å². The second-order valence-electron chi connectivity index (χ2n) is 8.48. The Kier molecular flexibility index (Phi) is 5.57. The van der Waals surface area contributed by atoms with Gasteiger partial charge in [-0.05, 0) is 60.2 Å². The van der Waals surface area contributed by atoms with Crippen LogP contribution in [0, 0.1) is 4.77 Å². The molecule has 0 saturated carbocycles. The lowest BCUT2D eigenvalue weighted by Gasteiger charge is -2.26. The molecular weight excluding hydrogens is 482 g/mol. The Morgan fingerprint density at radius 1 is 1.00 bits per heavy atom. The lowest BCUT2D eigenvalue weighted by Crippen LogP contribution is -2.40. The molecule has 36 heavy (non-hydrogen) atoms. The zero-order valence-corrected chi connectivity index (χ0v) is 19.8. The standard InChI is InChI=1S/C26H21N3O6S/c30-24(27-11-17-13-32-20-3-1-2-4-22(20)35-17)16-6-7-18-19(10-16)28-26(36)29(25(18)31)12-15-5-8-21-23(9-15)34-14-33-21/h1-10,17H,11-14H2,(H,27,30)(H,28,36). The minimum Gasteiger partial charge on any atom is -0.486 e. The Labute approximate surface area is 210 Å². The average molecular weight is 504 g/mol. The number of ether oxygens (including phenoxy) is 4. The van der Waals surface area contributed by atoms with Crippen molar-refractivity contribution in [1.29, 1.82) is 0 Å². The number of hydrogen-bond acceptors (Lipinski definition) is 7. The van der Waals surface area contributed by atoms with E-state index >= 15 is 0 Å². The first-order valence-corrected chi connectivity index (χ1v) is 11.8. The zero-order valence-electron chi connectivity index (χ0n) is 19.0. The van der Waals surface area contributed by atoms with E-state index in [9.17, 15) is 9.59 Å². The number of H-pyrrole nitrogens is 1. The van der Waals surface area contributed by atoms with Crippen LogP contribution < -0.4 is 29.8 Å². The van der Waals surface area contributed by atoms with Gasteiger partial charge in [0.15, 0.2) is 27.8 Å². The van der Waals surface area contributed by atoms with Crippen molar-refractivity contribution >= 4 is 29.0 Å². The van der Waals surface area contributed by atoms with Gasteiger partial charge in [0.05, 0.1) is 24.0 Å². The van der Waals surface area contributed by atoms with Gasteiger partial charge in [0.1, 0.15) is 12.7 Å². The molecule has 6 rings (SSSR count). The number of benzene rings is 3. The van der Waals surface area contributed by atoms with Gasteiger partial charge in [-0.2, -0.15) is 0 Å². The molecule has 3 heterocycles. The van der Waals surface area contributed by atoms with Crippen LogP contribution in [0.3, 0.4) is 0 Å². The second-order valence-corrected chi connectivity index (χ2v) is 8.86. The van der Waals surface area contributed by atoms with Crippen LogP contribution in [-0.2, 0) is 6.54 Å². The molecule has 182 valence electrons. The molecule has 4 aromatic rings. The molecule has 3 aromatic carbocycles. The monoisotopic (exact) mass is 503 g/mol. The van der Waals surface area contributed by atoms with Crippen molar-refractivity contribution in [3.05, 3.63) is 86.9 Å². The van der Waals surface area contributed by atoms with Gasteiger partial charge >= 0.3 is 0 Å². The molecule has 1 amide bonds. The summed E-state index contributed by atoms with van der Waals surface area (Å²) in [4.78, 5) is 29.1. The summed E-state index contributed by atoms with van der Waals surface area (Å²) in [5.41, 5.74) is 1.50. The molecule has 0 bridgehead atoms. The fraction of sp³-hybridized carbons (Fsp3) is 0.192. The van der Waals surface area contributed by atoms with Gasteiger partial charge in [0, 0.05) is 5.56 Å². The van der Waals surface area contributed by atoms with E-state index in [0.29, 0.717) is 46.1 Å². The van der Waals surface area contributed by atoms with Crippen LogP contribution >= 0.6 is 12.2 Å². The molecule has 0 spiro atoms. The van der Waals surface area contributed by atoms with Gasteiger partial charge in [0.2, 0.25) is 6.79 Å². The van der Waals surface area contributed by atoms with E-state index in [0.717, 1.165) is 5.56 Å². The van der Waals surface area contributed by atoms with Gasteiger partial charge in [-0.1, -0.05) is 18.2 Å². The molecular formula is C26H21N3O6S. The largest absolute Gasteiger partial charge is 0.486 e. The number of carbonyl (C=O) groups is 1. The Morgan fingerprint density at radius 3 is 2.69 bits per heavy atom. The SMILES string of the molecule is O=C(NCC1COc2ccccc2O1)c1ccc2c(=O)n(Cc3ccc4c(c3)OCO4)c(=S)[nH]c2c1. The zero-order chi connectivity index (χ0) is 24.6. The highest BCUT2D eigenvalue weighted by Crippen LogP contribution is 2.33. The summed E-state index contributed by atoms with van der Waals surface area (Å²) in [7, 11) is 0. The van der Waals surface area contributed by atoms with Crippen LogP contribution in [-0.4, -0.2) is 41.5 Å². The maximum atomic E-state index is 13.2. The molecule has 2 N–H and O–H groups in total. The van der Waals surface area contributed by atoms with Crippen LogP contribution in [0.1, 0.15) is 15.9 Å². The molecule has 0 fully saturated rings. The van der Waals surface area contributed by atoms with E-state index in [4.69, 9.17) is 31.2 Å². The molecule has 0 saturated heterocycles. The lowest BCUT2D eigenvalue weighted by atomic mass is 10.1. The lowest BCUT2D eigenvalue weighted by molar-refractivity contribution is 0.0789. The first-order valence-electron chi connectivity index (χ1n) is 11.4. The van der Waals surface area contributed by atoms with Crippen LogP contribution in [0.2, 0.25) is 0 Å². The second kappa shape index (κ2) is 9.04. The molecule has 2 aliphatic heterocycles. The summed E-state index contributed by atoms with van der Waals surface area (Å²) in [5, 5.41) is 3.30. The topological polar surface area (TPSA) is 104 Å². The van der Waals surface area contributed by atoms with E-state index in [-0.39, 0.29) is 42.2 Å². The predicted molar refractivity (Wildman–Crippen MR) is 134 cm³/mol. The van der Waals surface area contributed by atoms with E-state index in [2.05, 4.69) is 10.3 Å². The number of aromatic nitrogens is 2. The number of carbonyl (C=O) groups excluding carboxylic acids is 1. The fourth-order valence-electron chi connectivity index (χ4n) is 4.23. The summed E-state index contributed by atoms with van der Waals surface area (Å²) in [6, 6.07) is 17.8. The molecule has 1 aromatic heterocycles. The predicted octanol–water partition coefficient (Wildman–Crippen LogP) is 3.41. The highest BCUT2D eigenvalue weighted by Gasteiger charge is 2.21. The number of fused-ring (bicyclic) bond motifs is 3. The number of aromatic amines is 1. The Hall–Kier alpha value is -4.31.